The van der Waals surface area contributed by atoms with Crippen molar-refractivity contribution in [2.45, 2.75) is 18.6 Å². The Morgan fingerprint density at radius 2 is 2.42 bits per heavy atom. The summed E-state index contributed by atoms with van der Waals surface area (Å²) in [5.41, 5.74) is 0. The Bertz CT molecular complexity index is 187. The summed E-state index contributed by atoms with van der Waals surface area (Å²) in [6.07, 6.45) is 3.33. The van der Waals surface area contributed by atoms with Crippen molar-refractivity contribution < 1.29 is 19.4 Å². The Morgan fingerprint density at radius 1 is 1.67 bits per heavy atom. The van der Waals surface area contributed by atoms with Gasteiger partial charge in [-0.3, -0.25) is 0 Å². The standard InChI is InChI=1S/C8H12O4/c1-11-8(10)5-12-7-3-2-6(9)4-7/h2-3,6-7,9H,4-5H2,1H3/t6-,7+/m0/s1. The van der Waals surface area contributed by atoms with E-state index in [1.165, 1.54) is 7.11 Å². The van der Waals surface area contributed by atoms with Crippen LogP contribution >= 0.6 is 0 Å². The number of rotatable bonds is 3. The van der Waals surface area contributed by atoms with Gasteiger partial charge in [0.2, 0.25) is 0 Å². The average molecular weight is 172 g/mol. The first kappa shape index (κ1) is 9.22. The highest BCUT2D eigenvalue weighted by Gasteiger charge is 2.17. The lowest BCUT2D eigenvalue weighted by Gasteiger charge is -2.08. The van der Waals surface area contributed by atoms with Crippen molar-refractivity contribution in [2.75, 3.05) is 13.7 Å². The average Bonchev–Trinajstić information content (AvgIpc) is 2.47. The van der Waals surface area contributed by atoms with Gasteiger partial charge in [0.15, 0.2) is 0 Å². The van der Waals surface area contributed by atoms with Crippen LogP contribution in [0.1, 0.15) is 6.42 Å². The molecule has 4 nitrogen and oxygen atoms in total. The summed E-state index contributed by atoms with van der Waals surface area (Å²) in [6.45, 7) is -0.0573. The van der Waals surface area contributed by atoms with Gasteiger partial charge in [-0.1, -0.05) is 12.2 Å². The predicted molar refractivity (Wildman–Crippen MR) is 41.5 cm³/mol. The summed E-state index contributed by atoms with van der Waals surface area (Å²) >= 11 is 0. The second-order valence-electron chi connectivity index (χ2n) is 2.61. The van der Waals surface area contributed by atoms with E-state index < -0.39 is 12.1 Å². The van der Waals surface area contributed by atoms with Gasteiger partial charge in [-0.25, -0.2) is 4.79 Å². The second-order valence-corrected chi connectivity index (χ2v) is 2.61. The van der Waals surface area contributed by atoms with Crippen molar-refractivity contribution in [2.24, 2.45) is 0 Å². The molecule has 0 unspecified atom stereocenters. The van der Waals surface area contributed by atoms with Crippen molar-refractivity contribution in [3.8, 4) is 0 Å². The van der Waals surface area contributed by atoms with E-state index in [2.05, 4.69) is 4.74 Å². The minimum absolute atomic E-state index is 0.0573. The maximum atomic E-state index is 10.6. The zero-order valence-corrected chi connectivity index (χ0v) is 6.90. The molecule has 0 bridgehead atoms. The van der Waals surface area contributed by atoms with Gasteiger partial charge >= 0.3 is 5.97 Å². The van der Waals surface area contributed by atoms with Crippen molar-refractivity contribution in [1.82, 2.24) is 0 Å². The van der Waals surface area contributed by atoms with Gasteiger partial charge in [-0.05, 0) is 0 Å². The molecule has 0 fully saturated rings. The smallest absolute Gasteiger partial charge is 0.331 e. The van der Waals surface area contributed by atoms with Gasteiger partial charge in [-0.15, -0.1) is 0 Å². The number of aliphatic hydroxyl groups is 1. The summed E-state index contributed by atoms with van der Waals surface area (Å²) in [5, 5.41) is 9.04. The molecule has 2 atom stereocenters. The topological polar surface area (TPSA) is 55.8 Å². The molecule has 0 heterocycles. The first-order valence-corrected chi connectivity index (χ1v) is 3.77. The van der Waals surface area contributed by atoms with Gasteiger partial charge in [0.1, 0.15) is 6.61 Å². The van der Waals surface area contributed by atoms with Crippen LogP contribution in [0.2, 0.25) is 0 Å². The Hall–Kier alpha value is -0.870. The molecule has 0 saturated carbocycles. The molecule has 0 radical (unpaired) electrons. The molecule has 0 aliphatic heterocycles. The first-order chi connectivity index (χ1) is 5.72. The Labute approximate surface area is 70.8 Å². The highest BCUT2D eigenvalue weighted by Crippen LogP contribution is 2.13. The Balaban J connectivity index is 2.17. The molecule has 0 amide bonds. The molecule has 12 heavy (non-hydrogen) atoms. The SMILES string of the molecule is COC(=O)CO[C@@H]1C=C[C@H](O)C1. The van der Waals surface area contributed by atoms with Crippen LogP contribution in [0, 0.1) is 0 Å². The van der Waals surface area contributed by atoms with Crippen molar-refractivity contribution in [1.29, 1.82) is 0 Å². The first-order valence-electron chi connectivity index (χ1n) is 3.77. The maximum absolute atomic E-state index is 10.6. The van der Waals surface area contributed by atoms with E-state index in [-0.39, 0.29) is 12.7 Å². The zero-order chi connectivity index (χ0) is 8.97. The summed E-state index contributed by atoms with van der Waals surface area (Å²) in [5.74, 6) is -0.398. The third kappa shape index (κ3) is 2.64. The van der Waals surface area contributed by atoms with Crippen LogP contribution in [0.4, 0.5) is 0 Å². The number of carbonyl (C=O) groups is 1. The number of hydrogen-bond acceptors (Lipinski definition) is 4. The third-order valence-corrected chi connectivity index (χ3v) is 1.66. The van der Waals surface area contributed by atoms with Crippen molar-refractivity contribution in [3.05, 3.63) is 12.2 Å². The second kappa shape index (κ2) is 4.23. The van der Waals surface area contributed by atoms with E-state index in [1.807, 2.05) is 0 Å². The van der Waals surface area contributed by atoms with E-state index in [0.29, 0.717) is 6.42 Å². The summed E-state index contributed by atoms with van der Waals surface area (Å²) < 4.78 is 9.49. The molecule has 0 aromatic carbocycles. The van der Waals surface area contributed by atoms with E-state index in [4.69, 9.17) is 9.84 Å². The molecule has 1 aliphatic carbocycles. The van der Waals surface area contributed by atoms with Gasteiger partial charge in [0, 0.05) is 6.42 Å². The van der Waals surface area contributed by atoms with E-state index in [9.17, 15) is 4.79 Å². The van der Waals surface area contributed by atoms with Crippen LogP contribution in [-0.4, -0.2) is 37.0 Å². The summed E-state index contributed by atoms with van der Waals surface area (Å²) in [4.78, 5) is 10.6. The lowest BCUT2D eigenvalue weighted by Crippen LogP contribution is -2.17. The van der Waals surface area contributed by atoms with Crippen LogP contribution in [0.25, 0.3) is 0 Å². The van der Waals surface area contributed by atoms with Gasteiger partial charge in [0.05, 0.1) is 19.3 Å². The molecule has 68 valence electrons. The van der Waals surface area contributed by atoms with E-state index in [1.54, 1.807) is 12.2 Å². The predicted octanol–water partition coefficient (Wildman–Crippen LogP) is -0.135. The molecule has 1 aliphatic rings. The lowest BCUT2D eigenvalue weighted by atomic mass is 10.3. The summed E-state index contributed by atoms with van der Waals surface area (Å²) in [7, 11) is 1.31. The highest BCUT2D eigenvalue weighted by molar-refractivity contribution is 5.70. The summed E-state index contributed by atoms with van der Waals surface area (Å²) in [6, 6.07) is 0. The fraction of sp³-hybridized carbons (Fsp3) is 0.625. The quantitative estimate of drug-likeness (QED) is 0.475. The van der Waals surface area contributed by atoms with Gasteiger partial charge < -0.3 is 14.6 Å². The largest absolute Gasteiger partial charge is 0.467 e. The van der Waals surface area contributed by atoms with Crippen molar-refractivity contribution >= 4 is 5.97 Å². The minimum atomic E-state index is -0.437. The monoisotopic (exact) mass is 172 g/mol. The highest BCUT2D eigenvalue weighted by atomic mass is 16.6. The van der Waals surface area contributed by atoms with Crippen LogP contribution in [-0.2, 0) is 14.3 Å². The molecular weight excluding hydrogens is 160 g/mol. The molecular formula is C8H12O4. The van der Waals surface area contributed by atoms with Crippen molar-refractivity contribution in [3.63, 3.8) is 0 Å². The van der Waals surface area contributed by atoms with Crippen LogP contribution in [0.15, 0.2) is 12.2 Å². The number of methoxy groups -OCH3 is 1. The molecule has 4 heteroatoms. The van der Waals surface area contributed by atoms with Gasteiger partial charge in [0.25, 0.3) is 0 Å². The molecule has 0 aromatic rings. The molecule has 1 rings (SSSR count). The Kier molecular flexibility index (Phi) is 3.25. The number of carbonyl (C=O) groups excluding carboxylic acids is 1. The third-order valence-electron chi connectivity index (χ3n) is 1.66. The molecule has 0 aromatic heterocycles. The molecule has 1 N–H and O–H groups in total. The van der Waals surface area contributed by atoms with Crippen LogP contribution in [0.3, 0.4) is 0 Å². The van der Waals surface area contributed by atoms with Gasteiger partial charge in [-0.2, -0.15) is 0 Å². The van der Waals surface area contributed by atoms with E-state index in [0.717, 1.165) is 0 Å². The normalized spacial score (nSPS) is 27.5. The fourth-order valence-corrected chi connectivity index (χ4v) is 1.00. The molecule has 0 spiro atoms. The fourth-order valence-electron chi connectivity index (χ4n) is 1.00. The van der Waals surface area contributed by atoms with Crippen LogP contribution < -0.4 is 0 Å². The van der Waals surface area contributed by atoms with E-state index >= 15 is 0 Å². The molecule has 0 saturated heterocycles. The number of aliphatic hydroxyl groups excluding tert-OH is 1. The maximum Gasteiger partial charge on any atom is 0.331 e. The Morgan fingerprint density at radius 3 is 2.92 bits per heavy atom. The van der Waals surface area contributed by atoms with Crippen LogP contribution in [0.5, 0.6) is 0 Å². The minimum Gasteiger partial charge on any atom is -0.467 e. The number of ether oxygens (including phenoxy) is 2. The number of hydrogen-bond donors (Lipinski definition) is 1. The number of esters is 1. The lowest BCUT2D eigenvalue weighted by molar-refractivity contribution is -0.147. The zero-order valence-electron chi connectivity index (χ0n) is 6.90.